The van der Waals surface area contributed by atoms with Gasteiger partial charge in [-0.1, -0.05) is 12.2 Å². The molecule has 0 fully saturated rings. The predicted molar refractivity (Wildman–Crippen MR) is 37.0 cm³/mol. The molecule has 1 aliphatic carbocycles. The molecule has 0 saturated heterocycles. The summed E-state index contributed by atoms with van der Waals surface area (Å²) in [5, 5.41) is 16.9. The third-order valence-corrected chi connectivity index (χ3v) is 1.60. The Morgan fingerprint density at radius 3 is 2.55 bits per heavy atom. The van der Waals surface area contributed by atoms with Crippen molar-refractivity contribution in [2.75, 3.05) is 0 Å². The van der Waals surface area contributed by atoms with Crippen LogP contribution in [0.25, 0.3) is 0 Å². The Labute approximate surface area is 63.0 Å². The molecule has 0 bridgehead atoms. The van der Waals surface area contributed by atoms with Crippen molar-refractivity contribution in [3.05, 3.63) is 24.1 Å². The highest BCUT2D eigenvalue weighted by molar-refractivity contribution is 6.46. The second kappa shape index (κ2) is 2.75. The van der Waals surface area contributed by atoms with Crippen LogP contribution in [0.5, 0.6) is 0 Å². The van der Waals surface area contributed by atoms with Crippen molar-refractivity contribution in [3.63, 3.8) is 0 Å². The van der Waals surface area contributed by atoms with Crippen molar-refractivity contribution < 1.29 is 18.8 Å². The van der Waals surface area contributed by atoms with Crippen LogP contribution in [0.1, 0.15) is 6.42 Å². The van der Waals surface area contributed by atoms with E-state index in [1.165, 1.54) is 12.2 Å². The summed E-state index contributed by atoms with van der Waals surface area (Å²) < 4.78 is 25.7. The van der Waals surface area contributed by atoms with Gasteiger partial charge in [0, 0.05) is 6.42 Å². The van der Waals surface area contributed by atoms with E-state index < -0.39 is 18.5 Å². The molecular formula is C6H7BF2O2. The van der Waals surface area contributed by atoms with Crippen molar-refractivity contribution >= 4 is 7.12 Å². The van der Waals surface area contributed by atoms with Gasteiger partial charge >= 0.3 is 7.12 Å². The second-order valence-electron chi connectivity index (χ2n) is 2.38. The quantitative estimate of drug-likeness (QED) is 0.549. The zero-order valence-electron chi connectivity index (χ0n) is 5.67. The van der Waals surface area contributed by atoms with Crippen LogP contribution in [-0.2, 0) is 0 Å². The Morgan fingerprint density at radius 1 is 1.55 bits per heavy atom. The van der Waals surface area contributed by atoms with Crippen molar-refractivity contribution in [2.24, 2.45) is 0 Å². The van der Waals surface area contributed by atoms with E-state index in [4.69, 9.17) is 10.0 Å². The van der Waals surface area contributed by atoms with E-state index in [1.807, 2.05) is 0 Å². The third kappa shape index (κ3) is 1.34. The molecule has 2 nitrogen and oxygen atoms in total. The molecule has 0 spiro atoms. The summed E-state index contributed by atoms with van der Waals surface area (Å²) in [6, 6.07) is 0. The lowest BCUT2D eigenvalue weighted by molar-refractivity contribution is 0.202. The fourth-order valence-corrected chi connectivity index (χ4v) is 0.857. The number of alkyl halides is 1. The monoisotopic (exact) mass is 160 g/mol. The van der Waals surface area contributed by atoms with Crippen molar-refractivity contribution in [2.45, 2.75) is 12.0 Å². The molecule has 0 saturated carbocycles. The van der Waals surface area contributed by atoms with Crippen LogP contribution in [-0.4, -0.2) is 22.7 Å². The highest BCUT2D eigenvalue weighted by Crippen LogP contribution is 2.31. The molecule has 1 rings (SSSR count). The lowest BCUT2D eigenvalue weighted by Gasteiger charge is -2.22. The summed E-state index contributed by atoms with van der Waals surface area (Å²) in [7, 11) is -2.30. The first-order chi connectivity index (χ1) is 5.07. The highest BCUT2D eigenvalue weighted by Gasteiger charge is 2.47. The van der Waals surface area contributed by atoms with Crippen LogP contribution >= 0.6 is 0 Å². The van der Waals surface area contributed by atoms with Crippen molar-refractivity contribution in [1.82, 2.24) is 0 Å². The minimum absolute atomic E-state index is 0.340. The Kier molecular flexibility index (Phi) is 2.11. The van der Waals surface area contributed by atoms with Crippen LogP contribution in [0.3, 0.4) is 0 Å². The molecule has 1 aliphatic rings. The second-order valence-corrected chi connectivity index (χ2v) is 2.38. The Balaban J connectivity index is 2.88. The molecule has 0 amide bonds. The zero-order valence-corrected chi connectivity index (χ0v) is 5.67. The van der Waals surface area contributed by atoms with E-state index in [9.17, 15) is 8.78 Å². The lowest BCUT2D eigenvalue weighted by atomic mass is 9.65. The predicted octanol–water partition coefficient (Wildman–Crippen LogP) is 0.520. The molecule has 5 heteroatoms. The summed E-state index contributed by atoms with van der Waals surface area (Å²) in [6.07, 6.45) is 3.20. The summed E-state index contributed by atoms with van der Waals surface area (Å²) in [6.45, 7) is 0. The largest absolute Gasteiger partial charge is 0.499 e. The van der Waals surface area contributed by atoms with Crippen LogP contribution in [0.2, 0.25) is 0 Å². The van der Waals surface area contributed by atoms with Gasteiger partial charge in [0.1, 0.15) is 5.83 Å². The third-order valence-electron chi connectivity index (χ3n) is 1.60. The molecule has 0 radical (unpaired) electrons. The van der Waals surface area contributed by atoms with Gasteiger partial charge in [-0.3, -0.25) is 0 Å². The summed E-state index contributed by atoms with van der Waals surface area (Å²) >= 11 is 0. The fourth-order valence-electron chi connectivity index (χ4n) is 0.857. The maximum absolute atomic E-state index is 13.1. The number of allylic oxidation sites excluding steroid dienone is 4. The first kappa shape index (κ1) is 8.42. The fraction of sp³-hybridized carbons (Fsp3) is 0.333. The van der Waals surface area contributed by atoms with Crippen LogP contribution in [0.4, 0.5) is 8.78 Å². The van der Waals surface area contributed by atoms with Gasteiger partial charge in [0.2, 0.25) is 0 Å². The molecular weight excluding hydrogens is 153 g/mol. The van der Waals surface area contributed by atoms with Gasteiger partial charge < -0.3 is 10.0 Å². The highest BCUT2D eigenvalue weighted by atomic mass is 19.2. The number of rotatable bonds is 1. The topological polar surface area (TPSA) is 40.5 Å². The molecule has 0 aromatic carbocycles. The first-order valence-corrected chi connectivity index (χ1v) is 3.15. The van der Waals surface area contributed by atoms with Gasteiger partial charge in [0.25, 0.3) is 0 Å². The lowest BCUT2D eigenvalue weighted by Crippen LogP contribution is -2.43. The Hall–Kier alpha value is -0.675. The van der Waals surface area contributed by atoms with E-state index >= 15 is 0 Å². The SMILES string of the molecule is OB(O)C1(F)CC=CC=C1F. The van der Waals surface area contributed by atoms with E-state index in [2.05, 4.69) is 0 Å². The van der Waals surface area contributed by atoms with E-state index in [-0.39, 0.29) is 6.42 Å². The summed E-state index contributed by atoms with van der Waals surface area (Å²) in [4.78, 5) is 0. The Morgan fingerprint density at radius 2 is 2.18 bits per heavy atom. The summed E-state index contributed by atoms with van der Waals surface area (Å²) in [5.74, 6) is -1.14. The normalized spacial score (nSPS) is 30.0. The average molecular weight is 160 g/mol. The molecule has 60 valence electrons. The smallest absolute Gasteiger partial charge is 0.425 e. The standard InChI is InChI=1S/C6H7BF2O2/c8-5-3-1-2-4-6(5,9)7(10)11/h1-3,10-11H,4H2. The van der Waals surface area contributed by atoms with Crippen LogP contribution < -0.4 is 0 Å². The maximum Gasteiger partial charge on any atom is 0.499 e. The molecule has 0 aliphatic heterocycles. The van der Waals surface area contributed by atoms with Gasteiger partial charge in [-0.2, -0.15) is 0 Å². The maximum atomic E-state index is 13.1. The molecule has 11 heavy (non-hydrogen) atoms. The van der Waals surface area contributed by atoms with Gasteiger partial charge in [0.05, 0.1) is 0 Å². The molecule has 1 atom stereocenters. The van der Waals surface area contributed by atoms with E-state index in [0.29, 0.717) is 0 Å². The molecule has 0 aromatic rings. The van der Waals surface area contributed by atoms with Crippen LogP contribution in [0, 0.1) is 0 Å². The van der Waals surface area contributed by atoms with E-state index in [0.717, 1.165) is 6.08 Å². The van der Waals surface area contributed by atoms with E-state index in [1.54, 1.807) is 0 Å². The average Bonchev–Trinajstić information content (AvgIpc) is 1.95. The Bertz CT molecular complexity index is 215. The van der Waals surface area contributed by atoms with Crippen molar-refractivity contribution in [1.29, 1.82) is 0 Å². The zero-order chi connectivity index (χ0) is 8.48. The number of hydrogen-bond donors (Lipinski definition) is 2. The van der Waals surface area contributed by atoms with Crippen LogP contribution in [0.15, 0.2) is 24.1 Å². The molecule has 0 aromatic heterocycles. The van der Waals surface area contributed by atoms with Gasteiger partial charge in [0.15, 0.2) is 5.57 Å². The number of hydrogen-bond acceptors (Lipinski definition) is 2. The minimum Gasteiger partial charge on any atom is -0.425 e. The molecule has 1 unspecified atom stereocenters. The van der Waals surface area contributed by atoms with Gasteiger partial charge in [-0.25, -0.2) is 8.78 Å². The van der Waals surface area contributed by atoms with Gasteiger partial charge in [-0.05, 0) is 6.08 Å². The minimum atomic E-state index is -2.64. The first-order valence-electron chi connectivity index (χ1n) is 3.15. The number of halogens is 2. The molecule has 0 heterocycles. The van der Waals surface area contributed by atoms with Crippen molar-refractivity contribution in [3.8, 4) is 0 Å². The summed E-state index contributed by atoms with van der Waals surface area (Å²) in [5.41, 5.74) is -2.64. The molecule has 2 N–H and O–H groups in total. The van der Waals surface area contributed by atoms with Gasteiger partial charge in [-0.15, -0.1) is 0 Å².